The topological polar surface area (TPSA) is 19.6 Å². The number of anilines is 6. The zero-order chi connectivity index (χ0) is 55.1. The summed E-state index contributed by atoms with van der Waals surface area (Å²) in [5.74, 6) is 0. The van der Waals surface area contributed by atoms with Crippen molar-refractivity contribution in [3.05, 3.63) is 290 Å². The van der Waals surface area contributed by atoms with Gasteiger partial charge in [0.05, 0.1) is 5.69 Å². The van der Waals surface area contributed by atoms with E-state index in [4.69, 9.17) is 4.42 Å². The summed E-state index contributed by atoms with van der Waals surface area (Å²) in [5.41, 5.74) is 25.1. The first-order chi connectivity index (χ1) is 40.3. The number of hydrogen-bond acceptors (Lipinski definition) is 3. The van der Waals surface area contributed by atoms with Gasteiger partial charge in [-0.05, 0) is 167 Å². The number of rotatable bonds is 10. The van der Waals surface area contributed by atoms with Crippen molar-refractivity contribution in [3.8, 4) is 66.8 Å². The van der Waals surface area contributed by atoms with Crippen molar-refractivity contribution in [2.24, 2.45) is 0 Å². The standard InChI is InChI=1S/C79H58N2O/c1-51-27-23-24-43-67(51)80(56-36-19-9-20-37-56)58-45-47-60-64(49-58)71(54-32-15-7-16-33-54)75-73(69(60)52-28-11-5-12-29-52)74-70(53-30-13-6-14-31-53)61-48-46-59(50-65(61)72(76(74)75)55-34-17-8-18-35-55)81(57-38-21-10-22-39-57)68-44-26-41-63-62-40-25-42-66(79(2,3)4)77(62)82-78(63)68/h5-50H,1-4H3. The Hall–Kier alpha value is -10.2. The lowest BCUT2D eigenvalue weighted by molar-refractivity contribution is 0.573. The van der Waals surface area contributed by atoms with Gasteiger partial charge in [0.1, 0.15) is 5.58 Å². The Labute approximate surface area is 479 Å². The summed E-state index contributed by atoms with van der Waals surface area (Å²) < 4.78 is 7.18. The maximum atomic E-state index is 7.18. The molecule has 3 heteroatoms. The van der Waals surface area contributed by atoms with Gasteiger partial charge in [0.15, 0.2) is 5.58 Å². The van der Waals surface area contributed by atoms with E-state index in [1.807, 2.05) is 0 Å². The van der Waals surface area contributed by atoms with E-state index in [2.05, 4.69) is 317 Å². The number of benzene rings is 13. The highest BCUT2D eigenvalue weighted by molar-refractivity contribution is 6.33. The summed E-state index contributed by atoms with van der Waals surface area (Å²) in [5, 5.41) is 6.98. The summed E-state index contributed by atoms with van der Waals surface area (Å²) in [6, 6.07) is 102. The van der Waals surface area contributed by atoms with Crippen LogP contribution in [0.5, 0.6) is 0 Å². The maximum Gasteiger partial charge on any atom is 0.159 e. The average molecular weight is 1050 g/mol. The van der Waals surface area contributed by atoms with Crippen LogP contribution in [0.2, 0.25) is 0 Å². The van der Waals surface area contributed by atoms with E-state index < -0.39 is 0 Å². The van der Waals surface area contributed by atoms with E-state index in [-0.39, 0.29) is 5.41 Å². The predicted molar refractivity (Wildman–Crippen MR) is 348 cm³/mol. The number of hydrogen-bond donors (Lipinski definition) is 0. The van der Waals surface area contributed by atoms with Crippen molar-refractivity contribution in [2.45, 2.75) is 33.1 Å². The molecule has 1 aliphatic carbocycles. The van der Waals surface area contributed by atoms with Gasteiger partial charge in [-0.15, -0.1) is 0 Å². The molecule has 390 valence electrons. The molecule has 1 aromatic heterocycles. The summed E-state index contributed by atoms with van der Waals surface area (Å²) in [4.78, 5) is 4.82. The van der Waals surface area contributed by atoms with Crippen LogP contribution in [0.25, 0.3) is 110 Å². The summed E-state index contributed by atoms with van der Waals surface area (Å²) in [6.07, 6.45) is 0. The van der Waals surface area contributed by atoms with Gasteiger partial charge in [0.25, 0.3) is 0 Å². The van der Waals surface area contributed by atoms with Crippen molar-refractivity contribution in [3.63, 3.8) is 0 Å². The summed E-state index contributed by atoms with van der Waals surface area (Å²) >= 11 is 0. The van der Waals surface area contributed by atoms with Crippen LogP contribution in [-0.4, -0.2) is 0 Å². The number of aryl methyl sites for hydroxylation is 1. The first-order valence-corrected chi connectivity index (χ1v) is 28.5. The van der Waals surface area contributed by atoms with Gasteiger partial charge in [-0.25, -0.2) is 0 Å². The van der Waals surface area contributed by atoms with Crippen molar-refractivity contribution in [1.82, 2.24) is 0 Å². The normalized spacial score (nSPS) is 11.9. The van der Waals surface area contributed by atoms with Crippen molar-refractivity contribution in [1.29, 1.82) is 0 Å². The molecule has 0 saturated carbocycles. The van der Waals surface area contributed by atoms with Gasteiger partial charge >= 0.3 is 0 Å². The second-order valence-corrected chi connectivity index (χ2v) is 22.7. The maximum absolute atomic E-state index is 7.18. The number of furan rings is 1. The van der Waals surface area contributed by atoms with Gasteiger partial charge < -0.3 is 14.2 Å². The molecule has 1 heterocycles. The van der Waals surface area contributed by atoms with Crippen LogP contribution < -0.4 is 9.80 Å². The van der Waals surface area contributed by atoms with Gasteiger partial charge in [0.2, 0.25) is 0 Å². The largest absolute Gasteiger partial charge is 0.454 e. The van der Waals surface area contributed by atoms with Crippen LogP contribution in [0, 0.1) is 6.92 Å². The van der Waals surface area contributed by atoms with E-state index >= 15 is 0 Å². The molecular weight excluding hydrogens is 993 g/mol. The highest BCUT2D eigenvalue weighted by Gasteiger charge is 2.39. The molecule has 0 spiro atoms. The van der Waals surface area contributed by atoms with E-state index in [1.165, 1.54) is 93.9 Å². The fourth-order valence-electron chi connectivity index (χ4n) is 13.2. The molecule has 0 atom stereocenters. The zero-order valence-electron chi connectivity index (χ0n) is 46.4. The first-order valence-electron chi connectivity index (χ1n) is 28.5. The van der Waals surface area contributed by atoms with E-state index in [0.29, 0.717) is 0 Å². The van der Waals surface area contributed by atoms with Crippen molar-refractivity contribution in [2.75, 3.05) is 9.80 Å². The molecule has 3 nitrogen and oxygen atoms in total. The third-order valence-electron chi connectivity index (χ3n) is 16.8. The second-order valence-electron chi connectivity index (χ2n) is 22.7. The van der Waals surface area contributed by atoms with Crippen LogP contribution in [0.4, 0.5) is 34.1 Å². The fraction of sp³-hybridized carbons (Fsp3) is 0.0633. The van der Waals surface area contributed by atoms with E-state index in [1.54, 1.807) is 0 Å². The minimum absolute atomic E-state index is 0.115. The summed E-state index contributed by atoms with van der Waals surface area (Å²) in [6.45, 7) is 9.00. The Morgan fingerprint density at radius 1 is 0.268 bits per heavy atom. The van der Waals surface area contributed by atoms with Gasteiger partial charge in [-0.3, -0.25) is 0 Å². The number of nitrogens with zero attached hydrogens (tertiary/aromatic N) is 2. The second kappa shape index (κ2) is 19.5. The quantitative estimate of drug-likeness (QED) is 0.136. The molecule has 0 unspecified atom stereocenters. The molecule has 0 bridgehead atoms. The minimum atomic E-state index is -0.115. The van der Waals surface area contributed by atoms with Crippen LogP contribution >= 0.6 is 0 Å². The molecule has 1 aliphatic rings. The molecule has 0 N–H and O–H groups in total. The van der Waals surface area contributed by atoms with Crippen LogP contribution in [0.1, 0.15) is 31.9 Å². The van der Waals surface area contributed by atoms with Gasteiger partial charge in [0, 0.05) is 44.8 Å². The first kappa shape index (κ1) is 48.9. The molecule has 15 rings (SSSR count). The Morgan fingerprint density at radius 3 is 1.05 bits per heavy atom. The summed E-state index contributed by atoms with van der Waals surface area (Å²) in [7, 11) is 0. The number of fused-ring (bicyclic) bond motifs is 9. The van der Waals surface area contributed by atoms with Gasteiger partial charge in [-0.1, -0.05) is 239 Å². The van der Waals surface area contributed by atoms with Crippen LogP contribution in [0.15, 0.2) is 283 Å². The van der Waals surface area contributed by atoms with E-state index in [0.717, 1.165) is 61.6 Å². The molecular formula is C79H58N2O. The Kier molecular flexibility index (Phi) is 11.7. The molecule has 0 fully saturated rings. The molecule has 0 aliphatic heterocycles. The third-order valence-corrected chi connectivity index (χ3v) is 16.8. The lowest BCUT2D eigenvalue weighted by Crippen LogP contribution is -2.13. The lowest BCUT2D eigenvalue weighted by atomic mass is 9.65. The Bertz CT molecular complexity index is 4750. The molecule has 82 heavy (non-hydrogen) atoms. The smallest absolute Gasteiger partial charge is 0.159 e. The third kappa shape index (κ3) is 7.87. The monoisotopic (exact) mass is 1050 g/mol. The Balaban J connectivity index is 1.08. The molecule has 0 radical (unpaired) electrons. The van der Waals surface area contributed by atoms with Crippen LogP contribution in [0.3, 0.4) is 0 Å². The molecule has 13 aromatic carbocycles. The van der Waals surface area contributed by atoms with Crippen LogP contribution in [-0.2, 0) is 5.41 Å². The number of para-hydroxylation sites is 5. The van der Waals surface area contributed by atoms with Crippen molar-refractivity contribution < 1.29 is 4.42 Å². The predicted octanol–water partition coefficient (Wildman–Crippen LogP) is 22.8. The molecule has 0 amide bonds. The minimum Gasteiger partial charge on any atom is -0.454 e. The molecule has 0 saturated heterocycles. The SMILES string of the molecule is Cc1ccccc1N(c1ccccc1)c1ccc2c(-c3ccccc3)c3c(c(-c4ccccc4)c2c1)-c1c-3c(-c2ccccc2)c2ccc(N(c3ccccc3)c3cccc4c3oc3c(C(C)(C)C)cccc34)cc2c1-c1ccccc1. The lowest BCUT2D eigenvalue weighted by Gasteiger charge is -2.38. The highest BCUT2D eigenvalue weighted by Crippen LogP contribution is 2.66. The van der Waals surface area contributed by atoms with Crippen molar-refractivity contribution >= 4 is 77.6 Å². The zero-order valence-corrected chi connectivity index (χ0v) is 46.4. The van der Waals surface area contributed by atoms with E-state index in [9.17, 15) is 0 Å². The Morgan fingerprint density at radius 2 is 0.622 bits per heavy atom. The van der Waals surface area contributed by atoms with Gasteiger partial charge in [-0.2, -0.15) is 0 Å². The fourth-order valence-corrected chi connectivity index (χ4v) is 13.2. The molecule has 14 aromatic rings. The highest BCUT2D eigenvalue weighted by atomic mass is 16.3. The average Bonchev–Trinajstić information content (AvgIpc) is 2.04.